The van der Waals surface area contributed by atoms with E-state index in [0.717, 1.165) is 37.8 Å². The third-order valence-corrected chi connectivity index (χ3v) is 3.84. The van der Waals surface area contributed by atoms with E-state index in [-0.39, 0.29) is 6.04 Å². The normalized spacial score (nSPS) is 22.2. The topological polar surface area (TPSA) is 67.1 Å². The van der Waals surface area contributed by atoms with E-state index in [1.807, 2.05) is 0 Å². The van der Waals surface area contributed by atoms with Crippen molar-refractivity contribution in [3.05, 3.63) is 29.8 Å². The first-order valence-electron chi connectivity index (χ1n) is 7.32. The van der Waals surface area contributed by atoms with Crippen molar-refractivity contribution in [2.24, 2.45) is 11.7 Å². The van der Waals surface area contributed by atoms with E-state index in [1.54, 1.807) is 0 Å². The Labute approximate surface area is 127 Å². The molecule has 0 radical (unpaired) electrons. The average molecular weight is 315 g/mol. The minimum atomic E-state index is -4.37. The first-order valence-corrected chi connectivity index (χ1v) is 7.32. The molecule has 1 aliphatic carbocycles. The summed E-state index contributed by atoms with van der Waals surface area (Å²) < 4.78 is 37.3. The van der Waals surface area contributed by atoms with E-state index < -0.39 is 17.8 Å². The van der Waals surface area contributed by atoms with Crippen LogP contribution < -0.4 is 16.4 Å². The summed E-state index contributed by atoms with van der Waals surface area (Å²) in [5.74, 6) is 0.363. The number of hydrogen-bond donors (Lipinski definition) is 3. The molecule has 0 bridgehead atoms. The zero-order valence-electron chi connectivity index (χ0n) is 12.1. The van der Waals surface area contributed by atoms with Crippen LogP contribution in [0.2, 0.25) is 0 Å². The van der Waals surface area contributed by atoms with E-state index >= 15 is 0 Å². The summed E-state index contributed by atoms with van der Waals surface area (Å²) in [6, 6.07) is 4.13. The number of nitrogens with one attached hydrogen (secondary N) is 2. The van der Waals surface area contributed by atoms with E-state index in [0.29, 0.717) is 18.2 Å². The number of rotatable bonds is 3. The lowest BCUT2D eigenvalue weighted by molar-refractivity contribution is -0.137. The van der Waals surface area contributed by atoms with E-state index in [4.69, 9.17) is 5.73 Å². The number of benzene rings is 1. The highest BCUT2D eigenvalue weighted by atomic mass is 19.4. The fraction of sp³-hybridized carbons (Fsp3) is 0.533. The predicted octanol–water partition coefficient (Wildman–Crippen LogP) is 3.34. The molecule has 22 heavy (non-hydrogen) atoms. The molecule has 2 atom stereocenters. The second kappa shape index (κ2) is 7.00. The van der Waals surface area contributed by atoms with Crippen molar-refractivity contribution in [3.8, 4) is 0 Å². The molecule has 1 fully saturated rings. The fourth-order valence-corrected chi connectivity index (χ4v) is 2.67. The molecule has 7 heteroatoms. The van der Waals surface area contributed by atoms with Gasteiger partial charge >= 0.3 is 12.2 Å². The summed E-state index contributed by atoms with van der Waals surface area (Å²) in [7, 11) is 0. The van der Waals surface area contributed by atoms with Gasteiger partial charge in [-0.1, -0.05) is 6.42 Å². The molecule has 1 aromatic carbocycles. The van der Waals surface area contributed by atoms with Crippen LogP contribution in [0.4, 0.5) is 23.7 Å². The Morgan fingerprint density at radius 2 is 1.91 bits per heavy atom. The standard InChI is InChI=1S/C15H20F3N3O/c16-15(17,18)11-4-6-13(7-5-11)21-14(22)20-9-10-2-1-3-12(19)8-10/h4-7,10,12H,1-3,8-9,19H2,(H2,20,21,22). The van der Waals surface area contributed by atoms with Crippen molar-refractivity contribution in [1.82, 2.24) is 5.32 Å². The molecule has 2 rings (SSSR count). The number of urea groups is 1. The molecule has 4 N–H and O–H groups in total. The highest BCUT2D eigenvalue weighted by Gasteiger charge is 2.30. The number of nitrogens with two attached hydrogens (primary N) is 1. The summed E-state index contributed by atoms with van der Waals surface area (Å²) in [5, 5.41) is 5.26. The highest BCUT2D eigenvalue weighted by Crippen LogP contribution is 2.29. The first kappa shape index (κ1) is 16.6. The van der Waals surface area contributed by atoms with Crippen molar-refractivity contribution in [1.29, 1.82) is 0 Å². The fourth-order valence-electron chi connectivity index (χ4n) is 2.67. The molecule has 1 saturated carbocycles. The third-order valence-electron chi connectivity index (χ3n) is 3.84. The van der Waals surface area contributed by atoms with Gasteiger partial charge in [0.2, 0.25) is 0 Å². The molecule has 0 aromatic heterocycles. The quantitative estimate of drug-likeness (QED) is 0.801. The molecule has 0 aliphatic heterocycles. The maximum atomic E-state index is 12.4. The maximum absolute atomic E-state index is 12.4. The van der Waals surface area contributed by atoms with E-state index in [2.05, 4.69) is 10.6 Å². The summed E-state index contributed by atoms with van der Waals surface area (Å²) >= 11 is 0. The molecular weight excluding hydrogens is 295 g/mol. The molecule has 4 nitrogen and oxygen atoms in total. The van der Waals surface area contributed by atoms with Crippen LogP contribution in [0.1, 0.15) is 31.2 Å². The Bertz CT molecular complexity index is 502. The Kier molecular flexibility index (Phi) is 5.28. The van der Waals surface area contributed by atoms with Gasteiger partial charge in [-0.2, -0.15) is 13.2 Å². The van der Waals surface area contributed by atoms with Gasteiger partial charge < -0.3 is 16.4 Å². The SMILES string of the molecule is NC1CCCC(CNC(=O)Nc2ccc(C(F)(F)F)cc2)C1. The van der Waals surface area contributed by atoms with Crippen LogP contribution in [0.5, 0.6) is 0 Å². The lowest BCUT2D eigenvalue weighted by Gasteiger charge is -2.26. The van der Waals surface area contributed by atoms with Gasteiger partial charge in [0, 0.05) is 18.3 Å². The molecular formula is C15H20F3N3O. The maximum Gasteiger partial charge on any atom is 0.416 e. The number of amides is 2. The second-order valence-corrected chi connectivity index (χ2v) is 5.70. The Balaban J connectivity index is 1.79. The smallest absolute Gasteiger partial charge is 0.338 e. The number of carbonyl (C=O) groups is 1. The molecule has 122 valence electrons. The van der Waals surface area contributed by atoms with Crippen molar-refractivity contribution >= 4 is 11.7 Å². The van der Waals surface area contributed by atoms with Gasteiger partial charge in [0.15, 0.2) is 0 Å². The first-order chi connectivity index (χ1) is 10.3. The van der Waals surface area contributed by atoms with Gasteiger partial charge in [-0.25, -0.2) is 4.79 Å². The molecule has 2 amide bonds. The molecule has 1 aliphatic rings. The predicted molar refractivity (Wildman–Crippen MR) is 78.4 cm³/mol. The van der Waals surface area contributed by atoms with Crippen LogP contribution in [0.25, 0.3) is 0 Å². The Morgan fingerprint density at radius 3 is 2.50 bits per heavy atom. The zero-order valence-corrected chi connectivity index (χ0v) is 12.1. The second-order valence-electron chi connectivity index (χ2n) is 5.70. The third kappa shape index (κ3) is 4.91. The van der Waals surface area contributed by atoms with E-state index in [1.165, 1.54) is 12.1 Å². The summed E-state index contributed by atoms with van der Waals surface area (Å²) in [6.07, 6.45) is -0.363. The monoisotopic (exact) mass is 315 g/mol. The van der Waals surface area contributed by atoms with Crippen LogP contribution in [0.15, 0.2) is 24.3 Å². The van der Waals surface area contributed by atoms with Crippen LogP contribution in [-0.4, -0.2) is 18.6 Å². The lowest BCUT2D eigenvalue weighted by Crippen LogP contribution is -2.37. The molecule has 0 saturated heterocycles. The largest absolute Gasteiger partial charge is 0.416 e. The van der Waals surface area contributed by atoms with Crippen LogP contribution in [-0.2, 0) is 6.18 Å². The van der Waals surface area contributed by atoms with Gasteiger partial charge in [0.05, 0.1) is 5.56 Å². The van der Waals surface area contributed by atoms with Gasteiger partial charge in [0.25, 0.3) is 0 Å². The number of carbonyl (C=O) groups excluding carboxylic acids is 1. The number of hydrogen-bond acceptors (Lipinski definition) is 2. The molecule has 1 aromatic rings. The average Bonchev–Trinajstić information content (AvgIpc) is 2.45. The summed E-state index contributed by atoms with van der Waals surface area (Å²) in [4.78, 5) is 11.7. The van der Waals surface area contributed by atoms with Crippen LogP contribution in [0, 0.1) is 5.92 Å². The van der Waals surface area contributed by atoms with Crippen molar-refractivity contribution in [2.75, 3.05) is 11.9 Å². The van der Waals surface area contributed by atoms with Crippen molar-refractivity contribution in [3.63, 3.8) is 0 Å². The van der Waals surface area contributed by atoms with Gasteiger partial charge in [0.1, 0.15) is 0 Å². The highest BCUT2D eigenvalue weighted by molar-refractivity contribution is 5.89. The van der Waals surface area contributed by atoms with Crippen LogP contribution >= 0.6 is 0 Å². The van der Waals surface area contributed by atoms with Gasteiger partial charge in [-0.15, -0.1) is 0 Å². The van der Waals surface area contributed by atoms with Gasteiger partial charge in [-0.3, -0.25) is 0 Å². The van der Waals surface area contributed by atoms with Crippen molar-refractivity contribution in [2.45, 2.75) is 37.9 Å². The minimum Gasteiger partial charge on any atom is -0.338 e. The lowest BCUT2D eigenvalue weighted by atomic mass is 9.86. The Hall–Kier alpha value is -1.76. The summed E-state index contributed by atoms with van der Waals surface area (Å²) in [6.45, 7) is 0.528. The summed E-state index contributed by atoms with van der Waals surface area (Å²) in [5.41, 5.74) is 5.47. The molecule has 0 heterocycles. The minimum absolute atomic E-state index is 0.193. The molecule has 2 unspecified atom stereocenters. The van der Waals surface area contributed by atoms with Crippen LogP contribution in [0.3, 0.4) is 0 Å². The number of halogens is 3. The molecule has 0 spiro atoms. The van der Waals surface area contributed by atoms with E-state index in [9.17, 15) is 18.0 Å². The zero-order chi connectivity index (χ0) is 16.2. The van der Waals surface area contributed by atoms with Gasteiger partial charge in [-0.05, 0) is 49.4 Å². The number of anilines is 1. The van der Waals surface area contributed by atoms with Crippen molar-refractivity contribution < 1.29 is 18.0 Å². The Morgan fingerprint density at radius 1 is 1.23 bits per heavy atom. The number of alkyl halides is 3.